The molecule has 1 amide bonds. The molecule has 1 aliphatic rings. The molecule has 1 unspecified atom stereocenters. The third kappa shape index (κ3) is 19.1. The molecular formula is C72H81N3O13. The van der Waals surface area contributed by atoms with Crippen molar-refractivity contribution in [2.24, 2.45) is 5.73 Å². The van der Waals surface area contributed by atoms with Crippen molar-refractivity contribution in [2.75, 3.05) is 83.6 Å². The minimum atomic E-state index is -0.212. The molecule has 8 aromatic carbocycles. The van der Waals surface area contributed by atoms with Crippen molar-refractivity contribution in [3.63, 3.8) is 0 Å². The van der Waals surface area contributed by atoms with Crippen molar-refractivity contribution < 1.29 is 61.6 Å². The van der Waals surface area contributed by atoms with E-state index in [1.54, 1.807) is 82.2 Å². The van der Waals surface area contributed by atoms with Gasteiger partial charge in [0.2, 0.25) is 5.91 Å². The van der Waals surface area contributed by atoms with Crippen LogP contribution in [-0.2, 0) is 43.9 Å². The fraction of sp³-hybridized carbons (Fsp3) is 0.264. The lowest BCUT2D eigenvalue weighted by Gasteiger charge is -2.26. The van der Waals surface area contributed by atoms with Crippen LogP contribution in [-0.4, -0.2) is 89.5 Å². The number of nitrogens with two attached hydrogens (primary N) is 1. The summed E-state index contributed by atoms with van der Waals surface area (Å²) in [5.74, 6) is 7.80. The number of amides is 1. The maximum absolute atomic E-state index is 12.4. The minimum absolute atomic E-state index is 0.0265. The molecule has 1 atom stereocenters. The van der Waals surface area contributed by atoms with E-state index in [2.05, 4.69) is 41.0 Å². The van der Waals surface area contributed by atoms with Crippen LogP contribution < -0.4 is 73.2 Å². The predicted octanol–water partition coefficient (Wildman–Crippen LogP) is 12.6. The number of hydrogen-bond donors (Lipinski definition) is 3. The topological polar surface area (TPSA) is 178 Å². The quantitative estimate of drug-likeness (QED) is 0.0414. The zero-order valence-electron chi connectivity index (χ0n) is 51.7. The van der Waals surface area contributed by atoms with Gasteiger partial charge in [0.05, 0.1) is 70.0 Å². The third-order valence-electron chi connectivity index (χ3n) is 14.2. The normalized spacial score (nSPS) is 12.2. The molecule has 0 radical (unpaired) electrons. The van der Waals surface area contributed by atoms with Crippen LogP contribution in [0, 0.1) is 0 Å². The molecule has 0 fully saturated rings. The van der Waals surface area contributed by atoms with Crippen molar-refractivity contribution in [3.8, 4) is 69.0 Å². The van der Waals surface area contributed by atoms with Crippen LogP contribution in [0.2, 0.25) is 0 Å². The van der Waals surface area contributed by atoms with Crippen LogP contribution in [0.25, 0.3) is 12.2 Å². The molecule has 0 saturated heterocycles. The lowest BCUT2D eigenvalue weighted by Crippen LogP contribution is -2.28. The highest BCUT2D eigenvalue weighted by molar-refractivity contribution is 5.92. The molecule has 0 bridgehead atoms. The average Bonchev–Trinajstić information content (AvgIpc) is 2.76. The monoisotopic (exact) mass is 1200 g/mol. The van der Waals surface area contributed by atoms with Crippen molar-refractivity contribution >= 4 is 18.1 Å². The van der Waals surface area contributed by atoms with Crippen molar-refractivity contribution in [3.05, 3.63) is 226 Å². The van der Waals surface area contributed by atoms with Gasteiger partial charge >= 0.3 is 0 Å². The van der Waals surface area contributed by atoms with Gasteiger partial charge in [-0.3, -0.25) is 4.79 Å². The van der Waals surface area contributed by atoms with Gasteiger partial charge in [-0.1, -0.05) is 115 Å². The van der Waals surface area contributed by atoms with Gasteiger partial charge in [0.15, 0.2) is 57.5 Å². The van der Waals surface area contributed by atoms with Gasteiger partial charge in [0.25, 0.3) is 0 Å². The fourth-order valence-electron chi connectivity index (χ4n) is 9.51. The van der Waals surface area contributed by atoms with Gasteiger partial charge in [-0.25, -0.2) is 0 Å². The lowest BCUT2D eigenvalue weighted by molar-refractivity contribution is -0.116. The summed E-state index contributed by atoms with van der Waals surface area (Å²) in [5.41, 5.74) is 15.1. The second-order valence-electron chi connectivity index (χ2n) is 19.8. The van der Waals surface area contributed by atoms with Crippen LogP contribution in [0.4, 0.5) is 0 Å². The highest BCUT2D eigenvalue weighted by Gasteiger charge is 2.22. The van der Waals surface area contributed by atoms with E-state index in [1.165, 1.54) is 17.2 Å². The molecule has 1 heterocycles. The Bertz CT molecular complexity index is 3510. The Morgan fingerprint density at radius 3 is 1.30 bits per heavy atom. The second kappa shape index (κ2) is 35.0. The molecule has 0 spiro atoms. The van der Waals surface area contributed by atoms with Crippen LogP contribution in [0.3, 0.4) is 0 Å². The van der Waals surface area contributed by atoms with E-state index in [9.17, 15) is 4.79 Å². The van der Waals surface area contributed by atoms with Gasteiger partial charge in [-0.15, -0.1) is 0 Å². The van der Waals surface area contributed by atoms with Crippen molar-refractivity contribution in [1.82, 2.24) is 10.6 Å². The Labute approximate surface area is 517 Å². The first-order valence-corrected chi connectivity index (χ1v) is 28.8. The molecule has 16 heteroatoms. The van der Waals surface area contributed by atoms with E-state index in [4.69, 9.17) is 62.6 Å². The summed E-state index contributed by atoms with van der Waals surface area (Å²) in [5, 5.41) is 6.48. The van der Waals surface area contributed by atoms with Crippen molar-refractivity contribution in [2.45, 2.75) is 45.1 Å². The molecule has 8 aromatic rings. The number of fused-ring (bicyclic) bond motifs is 1. The first-order valence-electron chi connectivity index (χ1n) is 28.8. The molecular weight excluding hydrogens is 1110 g/mol. The Kier molecular flexibility index (Phi) is 26.2. The molecule has 462 valence electrons. The number of methoxy groups -OCH3 is 9. The standard InChI is InChI=1S/C28H31NO6.C28H31NO5.C16H19NO2/c1-31-23-12-10-20(16-27(23)35-19-21-8-6-5-7-9-21)14-15-29-28(30)13-11-22-17-25(33-3)26(34-4)18-24(22)32-2;1-30-24-17-27(33-4)25(31-2)15-21(24)10-11-23-22-16-26(32-3)28(14-20(22)12-13-29-23)34-18-19-8-6-5-7-9-19;1-18-15-8-7-13(9-10-17)11-16(15)19-12-14-5-3-2-4-6-14/h5-13,16-18H,14-15,19H2,1-4H3,(H,29,30);5-11,14-17,23,29H,12-13,18H2,1-4H3;2-8,11H,9-10,12,17H2,1H3/b13-11+;11-10+;. The molecule has 0 aliphatic carbocycles. The van der Waals surface area contributed by atoms with E-state index in [-0.39, 0.29) is 11.9 Å². The summed E-state index contributed by atoms with van der Waals surface area (Å²) >= 11 is 0. The minimum Gasteiger partial charge on any atom is -0.496 e. The Hall–Kier alpha value is -9.77. The van der Waals surface area contributed by atoms with Crippen LogP contribution in [0.15, 0.2) is 176 Å². The average molecular weight is 1200 g/mol. The summed E-state index contributed by atoms with van der Waals surface area (Å²) < 4.78 is 66.8. The van der Waals surface area contributed by atoms with Gasteiger partial charge in [0, 0.05) is 42.4 Å². The van der Waals surface area contributed by atoms with E-state index in [1.807, 2.05) is 133 Å². The SMILES string of the molecule is COc1cc(OC)c(OC)cc1/C=C/C(=O)NCCc1ccc(OC)c(OCc2ccccc2)c1.COc1cc(OC)c(OC)cc1/C=C/C1NCCc2cc(OCc3ccccc3)c(OC)cc21.COc1ccc(CCN)cc1OCc1ccccc1. The highest BCUT2D eigenvalue weighted by Crippen LogP contribution is 2.40. The zero-order valence-corrected chi connectivity index (χ0v) is 51.7. The summed E-state index contributed by atoms with van der Waals surface area (Å²) in [6, 6.07) is 53.3. The zero-order chi connectivity index (χ0) is 62.5. The van der Waals surface area contributed by atoms with Gasteiger partial charge < -0.3 is 73.2 Å². The molecule has 4 N–H and O–H groups in total. The van der Waals surface area contributed by atoms with Crippen LogP contribution >= 0.6 is 0 Å². The summed E-state index contributed by atoms with van der Waals surface area (Å²) in [6.07, 6.45) is 9.72. The molecule has 16 nitrogen and oxygen atoms in total. The number of ether oxygens (including phenoxy) is 12. The number of nitrogens with one attached hydrogen (secondary N) is 2. The maximum Gasteiger partial charge on any atom is 0.244 e. The predicted molar refractivity (Wildman–Crippen MR) is 345 cm³/mol. The first kappa shape index (κ1) is 65.8. The largest absolute Gasteiger partial charge is 0.496 e. The second-order valence-corrected chi connectivity index (χ2v) is 19.8. The number of carbonyl (C=O) groups excluding carboxylic acids is 1. The molecule has 88 heavy (non-hydrogen) atoms. The number of rotatable bonds is 27. The molecule has 0 saturated carbocycles. The summed E-state index contributed by atoms with van der Waals surface area (Å²) in [6.45, 7) is 3.44. The Balaban J connectivity index is 0.000000197. The Morgan fingerprint density at radius 2 is 0.852 bits per heavy atom. The molecule has 9 rings (SSSR count). The molecule has 0 aromatic heterocycles. The highest BCUT2D eigenvalue weighted by atomic mass is 16.5. The van der Waals surface area contributed by atoms with Gasteiger partial charge in [-0.2, -0.15) is 0 Å². The van der Waals surface area contributed by atoms with Gasteiger partial charge in [0.1, 0.15) is 31.3 Å². The first-order chi connectivity index (χ1) is 43.1. The fourth-order valence-corrected chi connectivity index (χ4v) is 9.51. The van der Waals surface area contributed by atoms with Gasteiger partial charge in [-0.05, 0) is 119 Å². The van der Waals surface area contributed by atoms with Crippen LogP contribution in [0.1, 0.15) is 56.1 Å². The lowest BCUT2D eigenvalue weighted by atomic mass is 9.93. The van der Waals surface area contributed by atoms with E-state index in [0.717, 1.165) is 75.8 Å². The number of hydrogen-bond acceptors (Lipinski definition) is 15. The van der Waals surface area contributed by atoms with Crippen LogP contribution in [0.5, 0.6) is 69.0 Å². The van der Waals surface area contributed by atoms with Crippen molar-refractivity contribution in [1.29, 1.82) is 0 Å². The summed E-state index contributed by atoms with van der Waals surface area (Å²) in [7, 11) is 14.5. The third-order valence-corrected chi connectivity index (χ3v) is 14.2. The Morgan fingerprint density at radius 1 is 0.443 bits per heavy atom. The molecule has 1 aliphatic heterocycles. The van der Waals surface area contributed by atoms with E-state index in [0.29, 0.717) is 90.9 Å². The number of benzene rings is 8. The summed E-state index contributed by atoms with van der Waals surface area (Å²) in [4.78, 5) is 12.4. The number of carbonyl (C=O) groups is 1. The van der Waals surface area contributed by atoms with E-state index < -0.39 is 0 Å². The maximum atomic E-state index is 12.4. The smallest absolute Gasteiger partial charge is 0.244 e. The van der Waals surface area contributed by atoms with E-state index >= 15 is 0 Å².